The van der Waals surface area contributed by atoms with Crippen LogP contribution in [0, 0.1) is 0 Å². The summed E-state index contributed by atoms with van der Waals surface area (Å²) in [7, 11) is 3.43. The molecule has 3 nitrogen and oxygen atoms in total. The molecule has 4 heteroatoms. The van der Waals surface area contributed by atoms with Gasteiger partial charge in [-0.15, -0.1) is 0 Å². The molecule has 0 spiro atoms. The normalized spacial score (nSPS) is 18.6. The monoisotopic (exact) mass is 341 g/mol. The molecule has 0 saturated carbocycles. The van der Waals surface area contributed by atoms with Crippen molar-refractivity contribution >= 4 is 15.9 Å². The molecular formula is C16H24BrNO2. The highest BCUT2D eigenvalue weighted by molar-refractivity contribution is 9.10. The lowest BCUT2D eigenvalue weighted by molar-refractivity contribution is 0.380. The van der Waals surface area contributed by atoms with Crippen LogP contribution >= 0.6 is 15.9 Å². The second kappa shape index (κ2) is 6.81. The molecule has 1 aliphatic rings. The van der Waals surface area contributed by atoms with E-state index in [0.717, 1.165) is 28.9 Å². The van der Waals surface area contributed by atoms with Crippen LogP contribution in [-0.2, 0) is 6.42 Å². The fraction of sp³-hybridized carbons (Fsp3) is 0.625. The molecule has 112 valence electrons. The molecule has 0 amide bonds. The second-order valence-corrected chi connectivity index (χ2v) is 6.45. The van der Waals surface area contributed by atoms with Crippen molar-refractivity contribution in [2.45, 2.75) is 45.1 Å². The van der Waals surface area contributed by atoms with Gasteiger partial charge in [-0.2, -0.15) is 0 Å². The maximum atomic E-state index is 5.61. The Labute approximate surface area is 130 Å². The van der Waals surface area contributed by atoms with Gasteiger partial charge in [0.15, 0.2) is 0 Å². The molecular weight excluding hydrogens is 318 g/mol. The summed E-state index contributed by atoms with van der Waals surface area (Å²) in [5, 5.41) is 3.55. The Kier molecular flexibility index (Phi) is 5.33. The van der Waals surface area contributed by atoms with Gasteiger partial charge < -0.3 is 14.8 Å². The molecule has 20 heavy (non-hydrogen) atoms. The van der Waals surface area contributed by atoms with Gasteiger partial charge in [0.05, 0.1) is 14.2 Å². The molecule has 0 bridgehead atoms. The van der Waals surface area contributed by atoms with E-state index in [2.05, 4.69) is 41.2 Å². The summed E-state index contributed by atoms with van der Waals surface area (Å²) < 4.78 is 12.1. The maximum absolute atomic E-state index is 5.61. The van der Waals surface area contributed by atoms with Crippen molar-refractivity contribution in [3.05, 3.63) is 21.7 Å². The van der Waals surface area contributed by atoms with E-state index >= 15 is 0 Å². The summed E-state index contributed by atoms with van der Waals surface area (Å²) in [6.07, 6.45) is 3.51. The summed E-state index contributed by atoms with van der Waals surface area (Å²) in [6.45, 7) is 5.50. The first-order valence-corrected chi connectivity index (χ1v) is 8.04. The van der Waals surface area contributed by atoms with Crippen molar-refractivity contribution in [1.82, 2.24) is 5.32 Å². The Balaban J connectivity index is 2.42. The number of benzene rings is 1. The molecule has 1 fully saturated rings. The number of rotatable bonds is 5. The van der Waals surface area contributed by atoms with E-state index in [0.29, 0.717) is 12.0 Å². The molecule has 0 aromatic heterocycles. The topological polar surface area (TPSA) is 30.5 Å². The van der Waals surface area contributed by atoms with Gasteiger partial charge >= 0.3 is 0 Å². The van der Waals surface area contributed by atoms with Crippen molar-refractivity contribution < 1.29 is 9.47 Å². The summed E-state index contributed by atoms with van der Waals surface area (Å²) in [4.78, 5) is 0. The van der Waals surface area contributed by atoms with E-state index in [9.17, 15) is 0 Å². The summed E-state index contributed by atoms with van der Waals surface area (Å²) >= 11 is 3.65. The maximum Gasteiger partial charge on any atom is 0.140 e. The Morgan fingerprint density at radius 2 is 2.00 bits per heavy atom. The number of hydrogen-bond acceptors (Lipinski definition) is 3. The van der Waals surface area contributed by atoms with Gasteiger partial charge in [0, 0.05) is 6.04 Å². The molecule has 1 atom stereocenters. The lowest BCUT2D eigenvalue weighted by Crippen LogP contribution is -2.24. The third-order valence-corrected chi connectivity index (χ3v) is 4.66. The average Bonchev–Trinajstić information content (AvgIpc) is 2.91. The summed E-state index contributed by atoms with van der Waals surface area (Å²) in [5.74, 6) is 2.21. The van der Waals surface area contributed by atoms with Crippen LogP contribution < -0.4 is 14.8 Å². The number of ether oxygens (including phenoxy) is 2. The predicted molar refractivity (Wildman–Crippen MR) is 86.1 cm³/mol. The van der Waals surface area contributed by atoms with Crippen molar-refractivity contribution in [1.29, 1.82) is 0 Å². The van der Waals surface area contributed by atoms with Crippen LogP contribution in [-0.4, -0.2) is 26.8 Å². The number of hydrogen-bond donors (Lipinski definition) is 1. The first-order chi connectivity index (χ1) is 9.58. The third kappa shape index (κ3) is 3.12. The highest BCUT2D eigenvalue weighted by Crippen LogP contribution is 2.43. The fourth-order valence-electron chi connectivity index (χ4n) is 2.89. The van der Waals surface area contributed by atoms with Gasteiger partial charge in [-0.1, -0.05) is 13.8 Å². The minimum atomic E-state index is 0.419. The van der Waals surface area contributed by atoms with Gasteiger partial charge in [-0.3, -0.25) is 0 Å². The van der Waals surface area contributed by atoms with Crippen LogP contribution in [0.3, 0.4) is 0 Å². The molecule has 0 radical (unpaired) electrons. The van der Waals surface area contributed by atoms with Crippen molar-refractivity contribution in [2.75, 3.05) is 20.8 Å². The van der Waals surface area contributed by atoms with Gasteiger partial charge in [0.2, 0.25) is 0 Å². The van der Waals surface area contributed by atoms with E-state index in [-0.39, 0.29) is 0 Å². The highest BCUT2D eigenvalue weighted by atomic mass is 79.9. The van der Waals surface area contributed by atoms with Crippen LogP contribution in [0.2, 0.25) is 0 Å². The first-order valence-electron chi connectivity index (χ1n) is 7.25. The third-order valence-electron chi connectivity index (χ3n) is 3.94. The van der Waals surface area contributed by atoms with Crippen molar-refractivity contribution in [3.63, 3.8) is 0 Å². The van der Waals surface area contributed by atoms with Gasteiger partial charge in [0.25, 0.3) is 0 Å². The van der Waals surface area contributed by atoms with E-state index < -0.39 is 0 Å². The van der Waals surface area contributed by atoms with E-state index in [1.165, 1.54) is 24.0 Å². The first kappa shape index (κ1) is 15.6. The fourth-order valence-corrected chi connectivity index (χ4v) is 3.70. The molecule has 1 heterocycles. The zero-order valence-electron chi connectivity index (χ0n) is 12.8. The highest BCUT2D eigenvalue weighted by Gasteiger charge is 2.22. The molecule has 1 saturated heterocycles. The molecule has 1 aromatic carbocycles. The number of nitrogens with one attached hydrogen (secondary N) is 1. The Hall–Kier alpha value is -0.740. The predicted octanol–water partition coefficient (Wildman–Crippen LogP) is 3.88. The van der Waals surface area contributed by atoms with Crippen molar-refractivity contribution in [3.8, 4) is 11.5 Å². The lowest BCUT2D eigenvalue weighted by Gasteiger charge is -2.21. The van der Waals surface area contributed by atoms with Crippen LogP contribution in [0.1, 0.15) is 43.7 Å². The standard InChI is InChI=1S/C16H24BrNO2/c1-10(2)13-9-11(8-12-6-5-7-18-12)15(19-3)14(17)16(13)20-4/h9-10,12,18H,5-8H2,1-4H3. The van der Waals surface area contributed by atoms with E-state index in [4.69, 9.17) is 9.47 Å². The smallest absolute Gasteiger partial charge is 0.140 e. The number of methoxy groups -OCH3 is 2. The summed E-state index contributed by atoms with van der Waals surface area (Å²) in [6, 6.07) is 2.80. The largest absolute Gasteiger partial charge is 0.495 e. The lowest BCUT2D eigenvalue weighted by atomic mass is 9.95. The Morgan fingerprint density at radius 3 is 2.50 bits per heavy atom. The minimum absolute atomic E-state index is 0.419. The van der Waals surface area contributed by atoms with Crippen LogP contribution in [0.15, 0.2) is 10.5 Å². The van der Waals surface area contributed by atoms with E-state index in [1.54, 1.807) is 14.2 Å². The van der Waals surface area contributed by atoms with Crippen LogP contribution in [0.4, 0.5) is 0 Å². The minimum Gasteiger partial charge on any atom is -0.495 e. The Morgan fingerprint density at radius 1 is 1.30 bits per heavy atom. The molecule has 1 aromatic rings. The van der Waals surface area contributed by atoms with E-state index in [1.807, 2.05) is 0 Å². The van der Waals surface area contributed by atoms with Gasteiger partial charge in [-0.05, 0) is 64.8 Å². The SMILES string of the molecule is COc1c(CC2CCCN2)cc(C(C)C)c(OC)c1Br. The van der Waals surface area contributed by atoms with Gasteiger partial charge in [-0.25, -0.2) is 0 Å². The van der Waals surface area contributed by atoms with Crippen molar-refractivity contribution in [2.24, 2.45) is 0 Å². The summed E-state index contributed by atoms with van der Waals surface area (Å²) in [5.41, 5.74) is 2.48. The number of halogens is 1. The zero-order chi connectivity index (χ0) is 14.7. The molecule has 1 N–H and O–H groups in total. The Bertz CT molecular complexity index is 468. The van der Waals surface area contributed by atoms with Crippen LogP contribution in [0.25, 0.3) is 0 Å². The molecule has 0 aliphatic carbocycles. The quantitative estimate of drug-likeness (QED) is 0.881. The van der Waals surface area contributed by atoms with Crippen LogP contribution in [0.5, 0.6) is 11.5 Å². The second-order valence-electron chi connectivity index (χ2n) is 5.66. The zero-order valence-corrected chi connectivity index (χ0v) is 14.3. The molecule has 2 rings (SSSR count). The average molecular weight is 342 g/mol. The molecule has 1 aliphatic heterocycles. The molecule has 1 unspecified atom stereocenters. The van der Waals surface area contributed by atoms with Gasteiger partial charge in [0.1, 0.15) is 16.0 Å².